The molecule has 2 N–H and O–H groups in total. The maximum atomic E-state index is 8.94. The molecular formula is C13H27NO. The van der Waals surface area contributed by atoms with E-state index in [9.17, 15) is 0 Å². The molecule has 0 bridgehead atoms. The third-order valence-electron chi connectivity index (χ3n) is 3.58. The smallest absolute Gasteiger partial charge is 0.0582 e. The van der Waals surface area contributed by atoms with E-state index in [1.165, 1.54) is 44.9 Å². The predicted molar refractivity (Wildman–Crippen MR) is 65.0 cm³/mol. The lowest BCUT2D eigenvalue weighted by Crippen LogP contribution is -2.37. The average Bonchev–Trinajstić information content (AvgIpc) is 2.27. The second kappa shape index (κ2) is 7.24. The van der Waals surface area contributed by atoms with Gasteiger partial charge in [-0.2, -0.15) is 0 Å². The Hall–Kier alpha value is -0.0800. The van der Waals surface area contributed by atoms with E-state index in [2.05, 4.69) is 12.2 Å². The van der Waals surface area contributed by atoms with Crippen LogP contribution in [0.4, 0.5) is 0 Å². The minimum Gasteiger partial charge on any atom is -0.395 e. The standard InChI is InChI=1S/C13H27NO/c1-11(14-12(2)10-15)8-9-13-6-4-3-5-7-13/h11-15H,3-10H2,1-2H3/t11?,12-/m1/s1. The van der Waals surface area contributed by atoms with Crippen LogP contribution in [-0.4, -0.2) is 23.8 Å². The molecule has 1 rings (SSSR count). The molecule has 1 fully saturated rings. The summed E-state index contributed by atoms with van der Waals surface area (Å²) in [5.41, 5.74) is 0. The van der Waals surface area contributed by atoms with E-state index in [4.69, 9.17) is 5.11 Å². The molecule has 90 valence electrons. The summed E-state index contributed by atoms with van der Waals surface area (Å²) in [6.07, 6.45) is 9.86. The fourth-order valence-corrected chi connectivity index (χ4v) is 2.58. The Labute approximate surface area is 94.5 Å². The lowest BCUT2D eigenvalue weighted by atomic mass is 9.85. The van der Waals surface area contributed by atoms with Gasteiger partial charge in [0.15, 0.2) is 0 Å². The van der Waals surface area contributed by atoms with Crippen molar-refractivity contribution in [3.05, 3.63) is 0 Å². The summed E-state index contributed by atoms with van der Waals surface area (Å²) in [6.45, 7) is 4.51. The Morgan fingerprint density at radius 3 is 2.40 bits per heavy atom. The van der Waals surface area contributed by atoms with Crippen molar-refractivity contribution in [2.45, 2.75) is 70.9 Å². The van der Waals surface area contributed by atoms with E-state index < -0.39 is 0 Å². The van der Waals surface area contributed by atoms with Crippen LogP contribution < -0.4 is 5.32 Å². The van der Waals surface area contributed by atoms with Gasteiger partial charge in [-0.15, -0.1) is 0 Å². The number of hydrogen-bond acceptors (Lipinski definition) is 2. The van der Waals surface area contributed by atoms with Gasteiger partial charge in [-0.25, -0.2) is 0 Å². The summed E-state index contributed by atoms with van der Waals surface area (Å²) in [5.74, 6) is 0.979. The number of hydrogen-bond donors (Lipinski definition) is 2. The zero-order valence-electron chi connectivity index (χ0n) is 10.3. The third kappa shape index (κ3) is 5.53. The summed E-state index contributed by atoms with van der Waals surface area (Å²) >= 11 is 0. The Kier molecular flexibility index (Phi) is 6.26. The fourth-order valence-electron chi connectivity index (χ4n) is 2.58. The Morgan fingerprint density at radius 2 is 1.80 bits per heavy atom. The number of aliphatic hydroxyl groups excluding tert-OH is 1. The Bertz CT molecular complexity index is 155. The molecule has 1 unspecified atom stereocenters. The molecule has 1 saturated carbocycles. The fraction of sp³-hybridized carbons (Fsp3) is 1.00. The molecule has 0 radical (unpaired) electrons. The molecule has 2 nitrogen and oxygen atoms in total. The van der Waals surface area contributed by atoms with Crippen LogP contribution in [0.3, 0.4) is 0 Å². The van der Waals surface area contributed by atoms with Gasteiger partial charge in [0.05, 0.1) is 6.61 Å². The van der Waals surface area contributed by atoms with E-state index in [-0.39, 0.29) is 12.6 Å². The van der Waals surface area contributed by atoms with Gasteiger partial charge in [-0.05, 0) is 32.6 Å². The van der Waals surface area contributed by atoms with Crippen LogP contribution >= 0.6 is 0 Å². The molecule has 0 aromatic rings. The lowest BCUT2D eigenvalue weighted by molar-refractivity contribution is 0.235. The first-order valence-corrected chi connectivity index (χ1v) is 6.59. The van der Waals surface area contributed by atoms with Gasteiger partial charge in [0.1, 0.15) is 0 Å². The molecule has 0 heterocycles. The van der Waals surface area contributed by atoms with E-state index in [1.54, 1.807) is 0 Å². The molecule has 0 aliphatic heterocycles. The normalized spacial score (nSPS) is 22.6. The lowest BCUT2D eigenvalue weighted by Gasteiger charge is -2.24. The van der Waals surface area contributed by atoms with Gasteiger partial charge in [-0.1, -0.05) is 32.1 Å². The summed E-state index contributed by atoms with van der Waals surface area (Å²) in [6, 6.07) is 0.792. The van der Waals surface area contributed by atoms with Crippen molar-refractivity contribution in [2.24, 2.45) is 5.92 Å². The van der Waals surface area contributed by atoms with Crippen LogP contribution in [-0.2, 0) is 0 Å². The van der Waals surface area contributed by atoms with E-state index in [1.807, 2.05) is 6.92 Å². The van der Waals surface area contributed by atoms with E-state index in [0.29, 0.717) is 6.04 Å². The molecule has 0 saturated heterocycles. The van der Waals surface area contributed by atoms with Gasteiger partial charge in [0.2, 0.25) is 0 Å². The van der Waals surface area contributed by atoms with Crippen molar-refractivity contribution in [1.29, 1.82) is 0 Å². The van der Waals surface area contributed by atoms with Crippen LogP contribution in [0.15, 0.2) is 0 Å². The van der Waals surface area contributed by atoms with Gasteiger partial charge < -0.3 is 10.4 Å². The molecule has 1 aliphatic rings. The Morgan fingerprint density at radius 1 is 1.13 bits per heavy atom. The van der Waals surface area contributed by atoms with Crippen LogP contribution in [0.25, 0.3) is 0 Å². The third-order valence-corrected chi connectivity index (χ3v) is 3.58. The zero-order valence-corrected chi connectivity index (χ0v) is 10.3. The SMILES string of the molecule is CC(CCC1CCCCC1)N[C@H](C)CO. The molecule has 0 spiro atoms. The molecule has 2 heteroatoms. The quantitative estimate of drug-likeness (QED) is 0.711. The molecule has 15 heavy (non-hydrogen) atoms. The molecule has 0 aromatic carbocycles. The summed E-state index contributed by atoms with van der Waals surface area (Å²) in [4.78, 5) is 0. The summed E-state index contributed by atoms with van der Waals surface area (Å²) in [7, 11) is 0. The van der Waals surface area contributed by atoms with Crippen molar-refractivity contribution in [1.82, 2.24) is 5.32 Å². The molecule has 0 aromatic heterocycles. The minimum atomic E-state index is 0.242. The van der Waals surface area contributed by atoms with Crippen molar-refractivity contribution in [3.8, 4) is 0 Å². The summed E-state index contributed by atoms with van der Waals surface area (Å²) in [5, 5.41) is 12.4. The first-order valence-electron chi connectivity index (χ1n) is 6.59. The van der Waals surface area contributed by atoms with Crippen molar-refractivity contribution >= 4 is 0 Å². The monoisotopic (exact) mass is 213 g/mol. The second-order valence-electron chi connectivity index (χ2n) is 5.23. The van der Waals surface area contributed by atoms with Gasteiger partial charge in [0.25, 0.3) is 0 Å². The number of aliphatic hydroxyl groups is 1. The Balaban J connectivity index is 2.07. The van der Waals surface area contributed by atoms with Gasteiger partial charge in [0, 0.05) is 12.1 Å². The minimum absolute atomic E-state index is 0.242. The first-order chi connectivity index (χ1) is 7.22. The molecule has 2 atom stereocenters. The molecular weight excluding hydrogens is 186 g/mol. The van der Waals surface area contributed by atoms with Crippen molar-refractivity contribution in [3.63, 3.8) is 0 Å². The van der Waals surface area contributed by atoms with Crippen molar-refractivity contribution in [2.75, 3.05) is 6.61 Å². The van der Waals surface area contributed by atoms with E-state index in [0.717, 1.165) is 5.92 Å². The summed E-state index contributed by atoms with van der Waals surface area (Å²) < 4.78 is 0. The maximum Gasteiger partial charge on any atom is 0.0582 e. The highest BCUT2D eigenvalue weighted by Crippen LogP contribution is 2.27. The number of nitrogens with one attached hydrogen (secondary N) is 1. The topological polar surface area (TPSA) is 32.3 Å². The van der Waals surface area contributed by atoms with Crippen LogP contribution in [0.5, 0.6) is 0 Å². The zero-order chi connectivity index (χ0) is 11.1. The largest absolute Gasteiger partial charge is 0.395 e. The highest BCUT2D eigenvalue weighted by molar-refractivity contribution is 4.71. The molecule has 0 amide bonds. The van der Waals surface area contributed by atoms with Crippen LogP contribution in [0.2, 0.25) is 0 Å². The average molecular weight is 213 g/mol. The first kappa shape index (κ1) is 13.0. The van der Waals surface area contributed by atoms with Gasteiger partial charge >= 0.3 is 0 Å². The highest BCUT2D eigenvalue weighted by atomic mass is 16.3. The highest BCUT2D eigenvalue weighted by Gasteiger charge is 2.14. The molecule has 1 aliphatic carbocycles. The van der Waals surface area contributed by atoms with E-state index >= 15 is 0 Å². The predicted octanol–water partition coefficient (Wildman–Crippen LogP) is 2.71. The number of rotatable bonds is 6. The van der Waals surface area contributed by atoms with Gasteiger partial charge in [-0.3, -0.25) is 0 Å². The van der Waals surface area contributed by atoms with Crippen molar-refractivity contribution < 1.29 is 5.11 Å². The van der Waals surface area contributed by atoms with Crippen LogP contribution in [0, 0.1) is 5.92 Å². The second-order valence-corrected chi connectivity index (χ2v) is 5.23. The maximum absolute atomic E-state index is 8.94. The van der Waals surface area contributed by atoms with Crippen LogP contribution in [0.1, 0.15) is 58.8 Å².